The molecule has 0 spiro atoms. The van der Waals surface area contributed by atoms with Crippen LogP contribution in [-0.4, -0.2) is 56.1 Å². The summed E-state index contributed by atoms with van der Waals surface area (Å²) in [4.78, 5) is 11.2. The lowest BCUT2D eigenvalue weighted by Gasteiger charge is -2.35. The van der Waals surface area contributed by atoms with Crippen LogP contribution in [0.2, 0.25) is 0 Å². The number of likely N-dealkylation sites (N-methyl/N-ethyl adjacent to an activating group) is 1. The highest BCUT2D eigenvalue weighted by molar-refractivity contribution is 14.0. The molecule has 144 valence electrons. The fourth-order valence-electron chi connectivity index (χ4n) is 3.54. The van der Waals surface area contributed by atoms with Crippen LogP contribution in [0.5, 0.6) is 0 Å². The van der Waals surface area contributed by atoms with E-state index < -0.39 is 0 Å². The molecule has 0 radical (unpaired) electrons. The molecule has 1 saturated carbocycles. The Labute approximate surface area is 174 Å². The van der Waals surface area contributed by atoms with Crippen molar-refractivity contribution < 1.29 is 0 Å². The lowest BCUT2D eigenvalue weighted by molar-refractivity contribution is 0.171. The Kier molecular flexibility index (Phi) is 10.9. The van der Waals surface area contributed by atoms with Crippen LogP contribution in [0.3, 0.4) is 0 Å². The first-order valence-corrected chi connectivity index (χ1v) is 10.00. The van der Waals surface area contributed by atoms with Gasteiger partial charge in [-0.3, -0.25) is 4.99 Å². The summed E-state index contributed by atoms with van der Waals surface area (Å²) < 4.78 is 0. The molecule has 1 heterocycles. The molecule has 0 amide bonds. The molecule has 1 aromatic rings. The van der Waals surface area contributed by atoms with Gasteiger partial charge < -0.3 is 15.5 Å². The van der Waals surface area contributed by atoms with Crippen molar-refractivity contribution in [1.82, 2.24) is 20.5 Å². The van der Waals surface area contributed by atoms with Gasteiger partial charge in [-0.2, -0.15) is 0 Å². The molecule has 1 unspecified atom stereocenters. The maximum atomic E-state index is 4.50. The van der Waals surface area contributed by atoms with E-state index in [9.17, 15) is 0 Å². The summed E-state index contributed by atoms with van der Waals surface area (Å²) in [5.74, 6) is 1.70. The molecule has 2 N–H and O–H groups in total. The zero-order chi connectivity index (χ0) is 17.4. The second kappa shape index (κ2) is 12.1. The maximum Gasteiger partial charge on any atom is 0.191 e. The maximum absolute atomic E-state index is 4.50. The van der Waals surface area contributed by atoms with Crippen LogP contribution in [0.15, 0.2) is 10.4 Å². The number of nitrogens with one attached hydrogen (secondary N) is 2. The van der Waals surface area contributed by atoms with Crippen molar-refractivity contribution in [2.24, 2.45) is 10.9 Å². The van der Waals surface area contributed by atoms with Gasteiger partial charge in [0.2, 0.25) is 0 Å². The monoisotopic (exact) mass is 479 g/mol. The van der Waals surface area contributed by atoms with E-state index in [1.807, 2.05) is 7.05 Å². The third kappa shape index (κ3) is 7.78. The largest absolute Gasteiger partial charge is 0.356 e. The Morgan fingerprint density at radius 1 is 1.32 bits per heavy atom. The first kappa shape index (κ1) is 22.6. The normalized spacial score (nSPS) is 17.2. The molecule has 1 atom stereocenters. The van der Waals surface area contributed by atoms with Crippen LogP contribution in [0.4, 0.5) is 0 Å². The number of hydrogen-bond acceptors (Lipinski definition) is 4. The second-order valence-corrected chi connectivity index (χ2v) is 7.98. The molecule has 1 aliphatic rings. The quantitative estimate of drug-likeness (QED) is 0.358. The number of halogens is 1. The van der Waals surface area contributed by atoms with Crippen molar-refractivity contribution in [2.45, 2.75) is 51.5 Å². The van der Waals surface area contributed by atoms with Gasteiger partial charge in [0.25, 0.3) is 0 Å². The Morgan fingerprint density at radius 2 is 2.04 bits per heavy atom. The number of thiazole rings is 1. The van der Waals surface area contributed by atoms with Crippen LogP contribution in [0.1, 0.15) is 42.8 Å². The minimum atomic E-state index is 0. The van der Waals surface area contributed by atoms with Gasteiger partial charge in [-0.15, -0.1) is 35.3 Å². The number of nitrogens with zero attached hydrogens (tertiary/aromatic N) is 3. The van der Waals surface area contributed by atoms with Gasteiger partial charge in [-0.05, 0) is 39.8 Å². The summed E-state index contributed by atoms with van der Waals surface area (Å²) >= 11 is 1.71. The van der Waals surface area contributed by atoms with Crippen molar-refractivity contribution in [3.63, 3.8) is 0 Å². The molecule has 0 bridgehead atoms. The lowest BCUT2D eigenvalue weighted by atomic mass is 9.83. The average molecular weight is 479 g/mol. The summed E-state index contributed by atoms with van der Waals surface area (Å²) in [7, 11) is 6.23. The molecular formula is C18H34IN5S. The van der Waals surface area contributed by atoms with Crippen molar-refractivity contribution in [3.05, 3.63) is 16.1 Å². The molecule has 0 aromatic carbocycles. The molecule has 25 heavy (non-hydrogen) atoms. The average Bonchev–Trinajstić information content (AvgIpc) is 2.99. The van der Waals surface area contributed by atoms with Gasteiger partial charge in [0, 0.05) is 38.0 Å². The van der Waals surface area contributed by atoms with Gasteiger partial charge in [0.05, 0.1) is 10.7 Å². The highest BCUT2D eigenvalue weighted by Gasteiger charge is 2.25. The van der Waals surface area contributed by atoms with Gasteiger partial charge in [-0.25, -0.2) is 4.98 Å². The van der Waals surface area contributed by atoms with E-state index in [4.69, 9.17) is 0 Å². The predicted molar refractivity (Wildman–Crippen MR) is 119 cm³/mol. The van der Waals surface area contributed by atoms with E-state index in [2.05, 4.69) is 51.9 Å². The topological polar surface area (TPSA) is 52.6 Å². The van der Waals surface area contributed by atoms with Crippen LogP contribution < -0.4 is 10.6 Å². The van der Waals surface area contributed by atoms with Gasteiger partial charge in [0.1, 0.15) is 0 Å². The molecule has 2 rings (SSSR count). The first-order chi connectivity index (χ1) is 11.6. The van der Waals surface area contributed by atoms with E-state index in [0.29, 0.717) is 6.04 Å². The summed E-state index contributed by atoms with van der Waals surface area (Å²) in [6, 6.07) is 0.574. The fourth-order valence-corrected chi connectivity index (χ4v) is 4.19. The molecule has 5 nitrogen and oxygen atoms in total. The summed E-state index contributed by atoms with van der Waals surface area (Å²) in [5.41, 5.74) is 1.16. The standard InChI is InChI=1S/C18H33N5S.HI/c1-14-22-16(13-24-14)10-11-20-18(19-2)21-12-17(23(3)4)15-8-6-5-7-9-15;/h13,15,17H,5-12H2,1-4H3,(H2,19,20,21);1H. The molecule has 1 aromatic heterocycles. The van der Waals surface area contributed by atoms with Crippen LogP contribution in [0, 0.1) is 12.8 Å². The first-order valence-electron chi connectivity index (χ1n) is 9.12. The second-order valence-electron chi connectivity index (χ2n) is 6.92. The molecule has 0 saturated heterocycles. The van der Waals surface area contributed by atoms with Crippen molar-refractivity contribution in [1.29, 1.82) is 0 Å². The smallest absolute Gasteiger partial charge is 0.191 e. The summed E-state index contributed by atoms with van der Waals surface area (Å²) in [5, 5.41) is 10.2. The number of hydrogen-bond donors (Lipinski definition) is 2. The van der Waals surface area contributed by atoms with Gasteiger partial charge in [-0.1, -0.05) is 19.3 Å². The molecule has 7 heteroatoms. The lowest BCUT2D eigenvalue weighted by Crippen LogP contribution is -2.48. The number of aryl methyl sites for hydroxylation is 1. The Balaban J connectivity index is 0.00000312. The Hall–Kier alpha value is -0.410. The fraction of sp³-hybridized carbons (Fsp3) is 0.778. The Morgan fingerprint density at radius 3 is 2.60 bits per heavy atom. The van der Waals surface area contributed by atoms with E-state index in [1.54, 1.807) is 11.3 Å². The number of guanidine groups is 1. The zero-order valence-electron chi connectivity index (χ0n) is 16.0. The van der Waals surface area contributed by atoms with Crippen LogP contribution in [-0.2, 0) is 6.42 Å². The van der Waals surface area contributed by atoms with Crippen molar-refractivity contribution in [3.8, 4) is 0 Å². The van der Waals surface area contributed by atoms with E-state index >= 15 is 0 Å². The number of rotatable bonds is 7. The van der Waals surface area contributed by atoms with Crippen molar-refractivity contribution >= 4 is 41.3 Å². The third-order valence-corrected chi connectivity index (χ3v) is 5.72. The summed E-state index contributed by atoms with van der Waals surface area (Å²) in [6.07, 6.45) is 7.83. The Bertz CT molecular complexity index is 511. The zero-order valence-corrected chi connectivity index (χ0v) is 19.2. The highest BCUT2D eigenvalue weighted by Crippen LogP contribution is 2.28. The third-order valence-electron chi connectivity index (χ3n) is 4.90. The summed E-state index contributed by atoms with van der Waals surface area (Å²) in [6.45, 7) is 3.86. The molecular weight excluding hydrogens is 445 g/mol. The highest BCUT2D eigenvalue weighted by atomic mass is 127. The van der Waals surface area contributed by atoms with Crippen molar-refractivity contribution in [2.75, 3.05) is 34.2 Å². The minimum absolute atomic E-state index is 0. The minimum Gasteiger partial charge on any atom is -0.356 e. The van der Waals surface area contributed by atoms with E-state index in [1.165, 1.54) is 32.1 Å². The van der Waals surface area contributed by atoms with E-state index in [0.717, 1.165) is 42.1 Å². The SMILES string of the molecule is CN=C(NCCc1csc(C)n1)NCC(C1CCCCC1)N(C)C.I. The molecule has 0 aliphatic heterocycles. The van der Waals surface area contributed by atoms with Gasteiger partial charge in [0.15, 0.2) is 5.96 Å². The van der Waals surface area contributed by atoms with Crippen LogP contribution in [0.25, 0.3) is 0 Å². The van der Waals surface area contributed by atoms with E-state index in [-0.39, 0.29) is 24.0 Å². The van der Waals surface area contributed by atoms with Gasteiger partial charge >= 0.3 is 0 Å². The molecule has 1 aliphatic carbocycles. The predicted octanol–water partition coefficient (Wildman–Crippen LogP) is 3.29. The number of aliphatic imine (C=N–C) groups is 1. The molecule has 1 fully saturated rings. The number of aromatic nitrogens is 1. The van der Waals surface area contributed by atoms with Crippen LogP contribution >= 0.6 is 35.3 Å².